The molecule has 0 amide bonds. The van der Waals surface area contributed by atoms with Gasteiger partial charge in [0.25, 0.3) is 0 Å². The van der Waals surface area contributed by atoms with Crippen LogP contribution >= 0.6 is 0 Å². The van der Waals surface area contributed by atoms with E-state index >= 15 is 0 Å². The first-order valence-corrected chi connectivity index (χ1v) is 64.8. The van der Waals surface area contributed by atoms with Gasteiger partial charge in [-0.1, -0.05) is 297 Å². The van der Waals surface area contributed by atoms with Crippen LogP contribution in [0.3, 0.4) is 0 Å². The van der Waals surface area contributed by atoms with Crippen LogP contribution in [0.1, 0.15) is 152 Å². The minimum absolute atomic E-state index is 0.986. The van der Waals surface area contributed by atoms with Crippen molar-refractivity contribution in [1.29, 1.82) is 0 Å². The van der Waals surface area contributed by atoms with Gasteiger partial charge in [0.05, 0.1) is 84.0 Å². The number of hydrogen-bond donors (Lipinski definition) is 0. The number of fused-ring (bicyclic) bond motifs is 5. The Morgan fingerprint density at radius 3 is 0.831 bits per heavy atom. The third-order valence-electron chi connectivity index (χ3n) is 32.5. The van der Waals surface area contributed by atoms with Crippen molar-refractivity contribution < 1.29 is 22.8 Å². The maximum absolute atomic E-state index is 2.55. The second-order valence-electron chi connectivity index (χ2n) is 43.3. The van der Waals surface area contributed by atoms with Gasteiger partial charge in [0.2, 0.25) is 28.5 Å². The lowest BCUT2D eigenvalue weighted by Gasteiger charge is -2.23. The summed E-state index contributed by atoms with van der Waals surface area (Å²) < 4.78 is 11.4. The molecular formula is C120H150N5Si5+5. The highest BCUT2D eigenvalue weighted by Gasteiger charge is 2.46. The van der Waals surface area contributed by atoms with E-state index in [0.717, 1.165) is 47.0 Å². The summed E-state index contributed by atoms with van der Waals surface area (Å²) in [5.74, 6) is 0. The Balaban J connectivity index is 0.000000119. The zero-order chi connectivity index (χ0) is 92.7. The summed E-state index contributed by atoms with van der Waals surface area (Å²) in [6.07, 6.45) is 28.8. The van der Waals surface area contributed by atoms with Crippen molar-refractivity contribution in [3.05, 3.63) is 298 Å². The molecular weight excluding hydrogens is 1650 g/mol. The van der Waals surface area contributed by atoms with E-state index in [0.29, 0.717) is 0 Å². The molecule has 0 bridgehead atoms. The molecule has 0 radical (unpaired) electrons. The third-order valence-corrected chi connectivity index (χ3v) is 54.6. The number of benzene rings is 10. The smallest absolute Gasteiger partial charge is 0.200 e. The first-order valence-electron chi connectivity index (χ1n) is 49.4. The summed E-state index contributed by atoms with van der Waals surface area (Å²) >= 11 is 0. The average molecular weight is 1800 g/mol. The maximum atomic E-state index is 2.55. The van der Waals surface area contributed by atoms with Crippen molar-refractivity contribution in [1.82, 2.24) is 0 Å². The molecule has 670 valence electrons. The minimum atomic E-state index is -1.32. The molecule has 0 N–H and O–H groups in total. The number of aromatic nitrogens is 5. The zero-order valence-corrected chi connectivity index (χ0v) is 89.3. The number of aryl methyl sites for hydroxylation is 14. The Labute approximate surface area is 786 Å². The second kappa shape index (κ2) is 37.1. The molecule has 130 heavy (non-hydrogen) atoms. The van der Waals surface area contributed by atoms with E-state index in [1.807, 2.05) is 0 Å². The predicted molar refractivity (Wildman–Crippen MR) is 574 cm³/mol. The van der Waals surface area contributed by atoms with Crippen molar-refractivity contribution in [2.45, 2.75) is 260 Å². The van der Waals surface area contributed by atoms with Crippen molar-refractivity contribution in [2.75, 3.05) is 0 Å². The molecule has 5 nitrogen and oxygen atoms in total. The molecule has 20 rings (SSSR count). The zero-order valence-electron chi connectivity index (χ0n) is 84.3. The molecule has 0 atom stereocenters. The molecule has 10 heteroatoms. The van der Waals surface area contributed by atoms with Gasteiger partial charge in [0, 0.05) is 41.5 Å². The van der Waals surface area contributed by atoms with Gasteiger partial charge in [-0.25, -0.2) is 22.8 Å². The molecule has 0 aliphatic heterocycles. The van der Waals surface area contributed by atoms with E-state index < -0.39 is 40.4 Å². The van der Waals surface area contributed by atoms with Crippen LogP contribution in [0.15, 0.2) is 231 Å². The Bertz CT molecular complexity index is 6880. The minimum Gasteiger partial charge on any atom is -0.200 e. The van der Waals surface area contributed by atoms with Crippen LogP contribution in [0.2, 0.25) is 93.2 Å². The molecule has 0 saturated heterocycles. The molecule has 0 unspecified atom stereocenters. The molecule has 5 aromatic heterocycles. The summed E-state index contributed by atoms with van der Waals surface area (Å²) in [7, 11) is 4.32. The predicted octanol–water partition coefficient (Wildman–Crippen LogP) is 26.5. The first kappa shape index (κ1) is 93.6. The van der Waals surface area contributed by atoms with Gasteiger partial charge < -0.3 is 0 Å². The van der Waals surface area contributed by atoms with E-state index in [1.165, 1.54) is 241 Å². The summed E-state index contributed by atoms with van der Waals surface area (Å²) in [5, 5.41) is 21.9. The van der Waals surface area contributed by atoms with Gasteiger partial charge in [0.15, 0.2) is 31.0 Å². The normalized spacial score (nSPS) is 14.8. The highest BCUT2D eigenvalue weighted by molar-refractivity contribution is 6.93. The Morgan fingerprint density at radius 1 is 0.238 bits per heavy atom. The number of rotatable bonds is 18. The lowest BCUT2D eigenvalue weighted by Crippen LogP contribution is -2.41. The fraction of sp³-hybridized carbons (Fsp3) is 0.375. The van der Waals surface area contributed by atoms with E-state index in [9.17, 15) is 0 Å². The standard InChI is InChI=1S/C26H34NSi.C25H32NSi.C24H30NSi.C23H28NSi.C22H26NSi/c1-7-19-15-20(8-2)18(3)25(16-19)26-24-12-11-23(28(5,6)22-9-10-22)17-21(24)13-14-27(26)4;1-7-19-14-17(2)18(3)24(15-19)25-23-11-10-22(27(5,6)21-8-9-21)16-20(23)12-13-26(25)4;1-16-13-17(2)18(3)23(14-16)24-22-10-9-21(26(5,6)20-7-8-20)15-19(22)11-12-25(24)4;1-16-6-7-17(2)22(14-16)23-21-11-10-20(25(4,5)19-8-9-19)15-18(21)12-13-24(23)3;1-16-7-5-6-8-20(16)22-21-12-11-19(24(3,4)18-9-10-18)15-17(21)13-14-23(22)2/h11-17,22H,7-10H2,1-6H3;10-16,21H,7-9H2,1-6H3;9-15,20H,7-8H2,1-6H3;6-7,10-15,19H,8-9H2,1-5H3;5-8,11-15,18H,9-10H2,1-4H3/q5*+1. The molecule has 5 aliphatic rings. The summed E-state index contributed by atoms with van der Waals surface area (Å²) in [6, 6.07) is 77.6. The van der Waals surface area contributed by atoms with Crippen LogP contribution in [-0.2, 0) is 54.5 Å². The SMILES string of the molecule is CCc1cc(C)c(C)c(-c2c3ccc([Si](C)(C)C4CC4)cc3cc[n+]2C)c1.CCc1cc(CC)c(C)c(-c2c3ccc([Si](C)(C)C4CC4)cc3cc[n+]2C)c1.Cc1cc(C)c(C)c(-c2c3ccc([Si](C)(C)C4CC4)cc3cc[n+]2C)c1.Cc1ccc(C)c(-c2c3ccc([Si](C)(C)C4CC4)cc3cc[n+]2C)c1.Cc1ccccc1-c1c2ccc([Si](C)(C)C3CC3)cc2cc[n+]1C. The van der Waals surface area contributed by atoms with Crippen molar-refractivity contribution in [2.24, 2.45) is 35.2 Å². The van der Waals surface area contributed by atoms with Gasteiger partial charge in [-0.2, -0.15) is 0 Å². The largest absolute Gasteiger partial charge is 0.220 e. The number of pyridine rings is 5. The van der Waals surface area contributed by atoms with Gasteiger partial charge >= 0.3 is 0 Å². The number of nitrogens with zero attached hydrogens (tertiary/aromatic N) is 5. The van der Waals surface area contributed by atoms with Gasteiger partial charge in [-0.05, 0) is 253 Å². The molecule has 5 saturated carbocycles. The van der Waals surface area contributed by atoms with Gasteiger partial charge in [0.1, 0.15) is 35.2 Å². The van der Waals surface area contributed by atoms with Crippen molar-refractivity contribution >= 4 is 120 Å². The van der Waals surface area contributed by atoms with E-state index in [2.05, 4.69) is 438 Å². The van der Waals surface area contributed by atoms with Crippen LogP contribution in [-0.4, -0.2) is 40.4 Å². The van der Waals surface area contributed by atoms with E-state index in [1.54, 1.807) is 25.9 Å². The monoisotopic (exact) mass is 1800 g/mol. The highest BCUT2D eigenvalue weighted by atomic mass is 28.3. The van der Waals surface area contributed by atoms with E-state index in [4.69, 9.17) is 0 Å². The molecule has 0 spiro atoms. The average Bonchev–Trinajstić information content (AvgIpc) is 1.72. The summed E-state index contributed by atoms with van der Waals surface area (Å²) in [5.41, 5.74) is 35.1. The van der Waals surface area contributed by atoms with Crippen LogP contribution in [0.25, 0.3) is 110 Å². The van der Waals surface area contributed by atoms with Crippen molar-refractivity contribution in [3.63, 3.8) is 0 Å². The topological polar surface area (TPSA) is 19.4 Å². The van der Waals surface area contributed by atoms with Crippen LogP contribution < -0.4 is 48.8 Å². The molecule has 5 aliphatic carbocycles. The van der Waals surface area contributed by atoms with Crippen LogP contribution in [0.5, 0.6) is 0 Å². The lowest BCUT2D eigenvalue weighted by molar-refractivity contribution is -0.659. The lowest BCUT2D eigenvalue weighted by atomic mass is 9.92. The number of hydrogen-bond acceptors (Lipinski definition) is 0. The molecule has 5 fully saturated rings. The first-order chi connectivity index (χ1) is 61.8. The fourth-order valence-electron chi connectivity index (χ4n) is 21.9. The highest BCUT2D eigenvalue weighted by Crippen LogP contribution is 2.50. The summed E-state index contributed by atoms with van der Waals surface area (Å²) in [4.78, 5) is 0. The molecule has 10 aromatic carbocycles. The van der Waals surface area contributed by atoms with Crippen molar-refractivity contribution in [3.8, 4) is 56.3 Å². The Kier molecular flexibility index (Phi) is 26.7. The van der Waals surface area contributed by atoms with Crippen LogP contribution in [0, 0.1) is 62.3 Å². The quantitative estimate of drug-likeness (QED) is 0.0603. The van der Waals surface area contributed by atoms with Crippen LogP contribution in [0.4, 0.5) is 0 Å². The second-order valence-corrected chi connectivity index (χ2v) is 67.5. The summed E-state index contributed by atoms with van der Waals surface area (Å²) in [6.45, 7) is 52.3. The van der Waals surface area contributed by atoms with Gasteiger partial charge in [-0.15, -0.1) is 0 Å². The van der Waals surface area contributed by atoms with Gasteiger partial charge in [-0.3, -0.25) is 0 Å². The molecule has 5 heterocycles. The maximum Gasteiger partial charge on any atom is 0.220 e. The van der Waals surface area contributed by atoms with E-state index in [-0.39, 0.29) is 0 Å². The fourth-order valence-corrected chi connectivity index (χ4v) is 37.5. The Hall–Kier alpha value is -9.67. The third kappa shape index (κ3) is 18.9. The molecule has 15 aromatic rings. The Morgan fingerprint density at radius 2 is 0.515 bits per heavy atom.